The van der Waals surface area contributed by atoms with Gasteiger partial charge in [0.2, 0.25) is 11.2 Å². The van der Waals surface area contributed by atoms with Gasteiger partial charge in [-0.05, 0) is 62.4 Å². The molecule has 3 aromatic rings. The smallest absolute Gasteiger partial charge is 0.206 e. The minimum absolute atomic E-state index is 0.230. The van der Waals surface area contributed by atoms with Crippen molar-refractivity contribution in [1.82, 2.24) is 0 Å². The van der Waals surface area contributed by atoms with Crippen molar-refractivity contribution in [3.05, 3.63) is 64.0 Å². The first-order valence-electron chi connectivity index (χ1n) is 12.0. The zero-order valence-electron chi connectivity index (χ0n) is 22.4. The Kier molecular flexibility index (Phi) is 7.25. The summed E-state index contributed by atoms with van der Waals surface area (Å²) in [5, 5.41) is 0.247. The molecule has 2 aromatic carbocycles. The topological polar surface area (TPSA) is 3.88 Å². The Balaban J connectivity index is 2.38. The van der Waals surface area contributed by atoms with Crippen molar-refractivity contribution in [2.75, 3.05) is 0 Å². The van der Waals surface area contributed by atoms with Crippen LogP contribution in [0.1, 0.15) is 55.5 Å². The highest BCUT2D eigenvalue weighted by Crippen LogP contribution is 2.44. The van der Waals surface area contributed by atoms with Gasteiger partial charge < -0.3 is 0 Å². The Morgan fingerprint density at radius 1 is 0.757 bits per heavy atom. The van der Waals surface area contributed by atoms with Crippen LogP contribution in [0.3, 0.4) is 0 Å². The molecule has 3 rings (SSSR count). The molecular formula is C29H33F7N+. The quantitative estimate of drug-likeness (QED) is 0.230. The van der Waals surface area contributed by atoms with Gasteiger partial charge in [-0.1, -0.05) is 39.3 Å². The summed E-state index contributed by atoms with van der Waals surface area (Å²) < 4.78 is 100. The van der Waals surface area contributed by atoms with E-state index in [-0.39, 0.29) is 16.5 Å². The molecule has 1 aromatic heterocycles. The molecule has 0 aliphatic heterocycles. The van der Waals surface area contributed by atoms with E-state index >= 15 is 4.39 Å². The van der Waals surface area contributed by atoms with Crippen molar-refractivity contribution in [3.8, 4) is 11.3 Å². The van der Waals surface area contributed by atoms with Crippen LogP contribution in [0.25, 0.3) is 22.2 Å². The molecular weight excluding hydrogens is 495 g/mol. The zero-order chi connectivity index (χ0) is 28.3. The van der Waals surface area contributed by atoms with E-state index in [0.717, 1.165) is 55.6 Å². The maximum atomic E-state index is 15.8. The highest BCUT2D eigenvalue weighted by Gasteiger charge is 2.49. The van der Waals surface area contributed by atoms with Crippen molar-refractivity contribution in [1.29, 1.82) is 0 Å². The van der Waals surface area contributed by atoms with Crippen LogP contribution in [0.5, 0.6) is 0 Å². The third-order valence-corrected chi connectivity index (χ3v) is 7.46. The molecule has 0 N–H and O–H groups in total. The number of fused-ring (bicyclic) bond motifs is 1. The number of aryl methyl sites for hydroxylation is 3. The number of nitrogens with zero attached hydrogens (tertiary/aromatic N) is 1. The summed E-state index contributed by atoms with van der Waals surface area (Å²) in [6.07, 6.45) is -10.7. The van der Waals surface area contributed by atoms with Crippen LogP contribution in [0.2, 0.25) is 0 Å². The van der Waals surface area contributed by atoms with Gasteiger partial charge in [0.05, 0.1) is 16.2 Å². The summed E-state index contributed by atoms with van der Waals surface area (Å²) >= 11 is 0. The van der Waals surface area contributed by atoms with E-state index in [2.05, 4.69) is 0 Å². The Morgan fingerprint density at radius 2 is 1.30 bits per heavy atom. The van der Waals surface area contributed by atoms with E-state index in [9.17, 15) is 26.3 Å². The fraction of sp³-hybridized carbons (Fsp3) is 0.483. The van der Waals surface area contributed by atoms with Gasteiger partial charge in [0.25, 0.3) is 0 Å². The normalized spacial score (nSPS) is 13.5. The van der Waals surface area contributed by atoms with E-state index in [0.29, 0.717) is 5.52 Å². The lowest BCUT2D eigenvalue weighted by atomic mass is 9.80. The Hall–Kier alpha value is -2.64. The lowest BCUT2D eigenvalue weighted by molar-refractivity contribution is -0.633. The van der Waals surface area contributed by atoms with E-state index in [4.69, 9.17) is 0 Å². The lowest BCUT2D eigenvalue weighted by Gasteiger charge is -2.30. The molecule has 0 amide bonds. The highest BCUT2D eigenvalue weighted by atomic mass is 19.4. The first-order chi connectivity index (χ1) is 16.7. The SMILES string of the molecule is Cc1cc(C)c(C)c(-c2ccc3c(CC(C)(C)C(F)(F)F)c(F)c(CC(C)(C)C(F)(F)F)cc3[n+]2C)c1. The molecule has 202 valence electrons. The van der Waals surface area contributed by atoms with E-state index < -0.39 is 41.8 Å². The third kappa shape index (κ3) is 5.34. The summed E-state index contributed by atoms with van der Waals surface area (Å²) in [5.41, 5.74) is -0.00477. The van der Waals surface area contributed by atoms with Gasteiger partial charge in [-0.15, -0.1) is 0 Å². The van der Waals surface area contributed by atoms with E-state index in [1.807, 2.05) is 32.9 Å². The van der Waals surface area contributed by atoms with Gasteiger partial charge >= 0.3 is 12.4 Å². The minimum Gasteiger partial charge on any atom is -0.206 e. The largest absolute Gasteiger partial charge is 0.394 e. The van der Waals surface area contributed by atoms with Gasteiger partial charge in [0.1, 0.15) is 12.9 Å². The summed E-state index contributed by atoms with van der Waals surface area (Å²) in [6, 6.07) is 8.67. The molecule has 0 spiro atoms. The fourth-order valence-corrected chi connectivity index (χ4v) is 4.64. The molecule has 0 atom stereocenters. The van der Waals surface area contributed by atoms with Gasteiger partial charge in [-0.2, -0.15) is 30.9 Å². The molecule has 8 heteroatoms. The van der Waals surface area contributed by atoms with Crippen LogP contribution < -0.4 is 4.57 Å². The molecule has 0 saturated carbocycles. The Morgan fingerprint density at radius 3 is 1.84 bits per heavy atom. The molecule has 37 heavy (non-hydrogen) atoms. The molecule has 1 heterocycles. The second-order valence-corrected chi connectivity index (χ2v) is 11.4. The third-order valence-electron chi connectivity index (χ3n) is 7.46. The number of rotatable bonds is 5. The van der Waals surface area contributed by atoms with Crippen LogP contribution in [-0.4, -0.2) is 12.4 Å². The number of hydrogen-bond donors (Lipinski definition) is 0. The lowest BCUT2D eigenvalue weighted by Crippen LogP contribution is -2.37. The first kappa shape index (κ1) is 28.9. The number of halogens is 7. The molecule has 0 aliphatic rings. The van der Waals surface area contributed by atoms with Crippen LogP contribution in [0.15, 0.2) is 30.3 Å². The fourth-order valence-electron chi connectivity index (χ4n) is 4.64. The average Bonchev–Trinajstić information content (AvgIpc) is 2.72. The van der Waals surface area contributed by atoms with Gasteiger partial charge in [-0.3, -0.25) is 0 Å². The molecule has 0 bridgehead atoms. The van der Waals surface area contributed by atoms with Crippen molar-refractivity contribution in [2.45, 2.75) is 73.7 Å². The summed E-state index contributed by atoms with van der Waals surface area (Å²) in [5.74, 6) is -1.02. The second kappa shape index (κ2) is 9.28. The number of benzene rings is 2. The van der Waals surface area contributed by atoms with Crippen molar-refractivity contribution in [3.63, 3.8) is 0 Å². The molecule has 0 radical (unpaired) electrons. The standard InChI is InChI=1S/C29H33F7N/c1-16-11-17(2)18(3)21(12-16)23-10-9-20-22(15-27(6,7)29(34,35)36)25(30)19(13-24(20)37(23)8)14-26(4,5)28(31,32)33/h9-13H,14-15H2,1-8H3/q+1. The van der Waals surface area contributed by atoms with Crippen molar-refractivity contribution < 1.29 is 35.3 Å². The van der Waals surface area contributed by atoms with Crippen molar-refractivity contribution in [2.24, 2.45) is 17.9 Å². The van der Waals surface area contributed by atoms with E-state index in [1.165, 1.54) is 6.07 Å². The second-order valence-electron chi connectivity index (χ2n) is 11.4. The zero-order valence-corrected chi connectivity index (χ0v) is 22.4. The summed E-state index contributed by atoms with van der Waals surface area (Å²) in [7, 11) is 1.70. The highest BCUT2D eigenvalue weighted by molar-refractivity contribution is 5.83. The van der Waals surface area contributed by atoms with Gasteiger partial charge in [0.15, 0.2) is 0 Å². The maximum absolute atomic E-state index is 15.8. The van der Waals surface area contributed by atoms with Gasteiger partial charge in [-0.25, -0.2) is 4.39 Å². The van der Waals surface area contributed by atoms with Crippen LogP contribution in [0, 0.1) is 37.4 Å². The number of aromatic nitrogens is 1. The predicted molar refractivity (Wildman–Crippen MR) is 132 cm³/mol. The molecule has 0 fully saturated rings. The summed E-state index contributed by atoms with van der Waals surface area (Å²) in [4.78, 5) is 0. The number of pyridine rings is 1. The average molecular weight is 529 g/mol. The van der Waals surface area contributed by atoms with E-state index in [1.54, 1.807) is 23.7 Å². The van der Waals surface area contributed by atoms with Crippen LogP contribution >= 0.6 is 0 Å². The summed E-state index contributed by atoms with van der Waals surface area (Å²) in [6.45, 7) is 9.73. The predicted octanol–water partition coefficient (Wildman–Crippen LogP) is 8.66. The molecule has 0 saturated heterocycles. The van der Waals surface area contributed by atoms with Gasteiger partial charge in [0, 0.05) is 23.3 Å². The van der Waals surface area contributed by atoms with Crippen LogP contribution in [-0.2, 0) is 19.9 Å². The Labute approximate surface area is 213 Å². The Bertz CT molecular complexity index is 1350. The molecule has 1 nitrogen and oxygen atoms in total. The maximum Gasteiger partial charge on any atom is 0.394 e. The molecule has 0 aliphatic carbocycles. The molecule has 0 unspecified atom stereocenters. The monoisotopic (exact) mass is 528 g/mol. The minimum atomic E-state index is -4.63. The number of hydrogen-bond acceptors (Lipinski definition) is 0. The number of alkyl halides is 6. The first-order valence-corrected chi connectivity index (χ1v) is 12.0. The van der Waals surface area contributed by atoms with Crippen molar-refractivity contribution >= 4 is 10.9 Å². The van der Waals surface area contributed by atoms with Crippen LogP contribution in [0.4, 0.5) is 30.7 Å².